The molecule has 0 saturated carbocycles. The molecule has 28 heavy (non-hydrogen) atoms. The summed E-state index contributed by atoms with van der Waals surface area (Å²) in [4.78, 5) is 4.53. The maximum Gasteiger partial charge on any atom is 0.230 e. The van der Waals surface area contributed by atoms with Crippen LogP contribution >= 0.6 is 0 Å². The van der Waals surface area contributed by atoms with Crippen LogP contribution in [0.25, 0.3) is 0 Å². The predicted molar refractivity (Wildman–Crippen MR) is 107 cm³/mol. The van der Waals surface area contributed by atoms with Crippen molar-refractivity contribution in [3.05, 3.63) is 89.7 Å². The van der Waals surface area contributed by atoms with Crippen molar-refractivity contribution >= 4 is 5.71 Å². The fourth-order valence-electron chi connectivity index (χ4n) is 3.88. The summed E-state index contributed by atoms with van der Waals surface area (Å²) in [6.45, 7) is 2.57. The van der Waals surface area contributed by atoms with Gasteiger partial charge in [-0.15, -0.1) is 0 Å². The minimum atomic E-state index is -0.387. The number of ether oxygens (including phenoxy) is 2. The Morgan fingerprint density at radius 2 is 1.89 bits per heavy atom. The number of hydrogen-bond acceptors (Lipinski definition) is 5. The lowest BCUT2D eigenvalue weighted by molar-refractivity contribution is -0.0240. The topological polar surface area (TPSA) is 47.0 Å². The number of fused-ring (bicyclic) bond motifs is 3. The van der Waals surface area contributed by atoms with E-state index in [1.807, 2.05) is 60.5 Å². The molecular weight excluding hydrogens is 350 g/mol. The van der Waals surface area contributed by atoms with E-state index in [1.54, 1.807) is 6.20 Å². The van der Waals surface area contributed by atoms with Crippen LogP contribution in [-0.2, 0) is 0 Å². The first-order valence-corrected chi connectivity index (χ1v) is 9.59. The Morgan fingerprint density at radius 3 is 2.68 bits per heavy atom. The van der Waals surface area contributed by atoms with Crippen molar-refractivity contribution < 1.29 is 9.47 Å². The number of benzene rings is 2. The molecule has 3 heterocycles. The highest BCUT2D eigenvalue weighted by molar-refractivity contribution is 6.01. The van der Waals surface area contributed by atoms with Crippen LogP contribution in [0.5, 0.6) is 11.5 Å². The number of rotatable bonds is 4. The van der Waals surface area contributed by atoms with Crippen molar-refractivity contribution in [2.24, 2.45) is 5.10 Å². The van der Waals surface area contributed by atoms with Crippen LogP contribution in [0.2, 0.25) is 0 Å². The molecule has 0 amide bonds. The van der Waals surface area contributed by atoms with E-state index in [9.17, 15) is 0 Å². The highest BCUT2D eigenvalue weighted by Crippen LogP contribution is 2.50. The van der Waals surface area contributed by atoms with Crippen molar-refractivity contribution in [2.75, 3.05) is 6.61 Å². The van der Waals surface area contributed by atoms with Crippen molar-refractivity contribution in [2.45, 2.75) is 25.6 Å². The Hall–Kier alpha value is -3.34. The van der Waals surface area contributed by atoms with Crippen LogP contribution in [0, 0.1) is 0 Å². The van der Waals surface area contributed by atoms with E-state index >= 15 is 0 Å². The number of nitrogens with zero attached hydrogens (tertiary/aromatic N) is 3. The Labute approximate surface area is 164 Å². The molecule has 0 spiro atoms. The molecule has 0 aliphatic carbocycles. The SMILES string of the molecule is CCOc1cccc2c1O[C@H](c1ccccn1)N1N=C(c3ccccc3)C[C@@H]21. The van der Waals surface area contributed by atoms with Gasteiger partial charge in [-0.2, -0.15) is 5.10 Å². The number of hydrazone groups is 1. The highest BCUT2D eigenvalue weighted by Gasteiger charge is 2.42. The zero-order valence-electron chi connectivity index (χ0n) is 15.7. The average molecular weight is 371 g/mol. The zero-order chi connectivity index (χ0) is 18.9. The lowest BCUT2D eigenvalue weighted by atomic mass is 9.96. The van der Waals surface area contributed by atoms with Gasteiger partial charge in [-0.1, -0.05) is 48.5 Å². The van der Waals surface area contributed by atoms with E-state index in [4.69, 9.17) is 14.6 Å². The summed E-state index contributed by atoms with van der Waals surface area (Å²) < 4.78 is 12.3. The second-order valence-corrected chi connectivity index (χ2v) is 6.84. The van der Waals surface area contributed by atoms with Gasteiger partial charge in [0.25, 0.3) is 0 Å². The molecule has 3 aromatic rings. The molecule has 0 radical (unpaired) electrons. The minimum Gasteiger partial charge on any atom is -0.490 e. The summed E-state index contributed by atoms with van der Waals surface area (Å²) in [6.07, 6.45) is 2.22. The van der Waals surface area contributed by atoms with E-state index < -0.39 is 0 Å². The van der Waals surface area contributed by atoms with Gasteiger partial charge in [0.1, 0.15) is 5.69 Å². The van der Waals surface area contributed by atoms with Crippen molar-refractivity contribution in [3.8, 4) is 11.5 Å². The molecule has 5 rings (SSSR count). The molecule has 1 aromatic heterocycles. The normalized spacial score (nSPS) is 20.0. The fraction of sp³-hybridized carbons (Fsp3) is 0.217. The number of para-hydroxylation sites is 1. The van der Waals surface area contributed by atoms with Gasteiger partial charge in [0, 0.05) is 18.2 Å². The Morgan fingerprint density at radius 1 is 1.04 bits per heavy atom. The fourth-order valence-corrected chi connectivity index (χ4v) is 3.88. The lowest BCUT2D eigenvalue weighted by Crippen LogP contribution is -2.34. The Balaban J connectivity index is 1.62. The molecule has 0 bridgehead atoms. The van der Waals surface area contributed by atoms with Gasteiger partial charge in [-0.3, -0.25) is 4.98 Å². The van der Waals surface area contributed by atoms with Crippen LogP contribution in [-0.4, -0.2) is 22.3 Å². The molecule has 5 heteroatoms. The van der Waals surface area contributed by atoms with Crippen molar-refractivity contribution in [1.82, 2.24) is 9.99 Å². The molecule has 2 aromatic carbocycles. The van der Waals surface area contributed by atoms with Crippen LogP contribution in [0.15, 0.2) is 78.0 Å². The standard InChI is InChI=1S/C23H21N3O2/c1-2-27-21-13-8-11-17-20-15-19(16-9-4-3-5-10-16)25-26(20)23(28-22(17)21)18-12-6-7-14-24-18/h3-14,20,23H,2,15H2,1H3/t20-,23+/m0/s1. The summed E-state index contributed by atoms with van der Waals surface area (Å²) in [5.41, 5.74) is 4.14. The largest absolute Gasteiger partial charge is 0.490 e. The van der Waals surface area contributed by atoms with Gasteiger partial charge in [-0.25, -0.2) is 5.01 Å². The van der Waals surface area contributed by atoms with E-state index in [1.165, 1.54) is 0 Å². The van der Waals surface area contributed by atoms with Gasteiger partial charge in [-0.05, 0) is 30.7 Å². The third kappa shape index (κ3) is 2.80. The summed E-state index contributed by atoms with van der Waals surface area (Å²) >= 11 is 0. The maximum atomic E-state index is 6.43. The van der Waals surface area contributed by atoms with E-state index in [0.717, 1.165) is 40.5 Å². The quantitative estimate of drug-likeness (QED) is 0.666. The molecule has 5 nitrogen and oxygen atoms in total. The summed E-state index contributed by atoms with van der Waals surface area (Å²) in [7, 11) is 0. The van der Waals surface area contributed by atoms with Gasteiger partial charge < -0.3 is 9.47 Å². The van der Waals surface area contributed by atoms with E-state index in [-0.39, 0.29) is 12.3 Å². The Bertz CT molecular complexity index is 1000. The van der Waals surface area contributed by atoms with Crippen molar-refractivity contribution in [3.63, 3.8) is 0 Å². The molecule has 2 aliphatic heterocycles. The molecule has 0 N–H and O–H groups in total. The third-order valence-electron chi connectivity index (χ3n) is 5.13. The van der Waals surface area contributed by atoms with Crippen LogP contribution < -0.4 is 9.47 Å². The van der Waals surface area contributed by atoms with E-state index in [2.05, 4.69) is 23.2 Å². The monoisotopic (exact) mass is 371 g/mol. The highest BCUT2D eigenvalue weighted by atomic mass is 16.5. The maximum absolute atomic E-state index is 6.43. The first-order valence-electron chi connectivity index (χ1n) is 9.59. The van der Waals surface area contributed by atoms with Gasteiger partial charge in [0.05, 0.1) is 18.4 Å². The summed E-state index contributed by atoms with van der Waals surface area (Å²) in [5, 5.41) is 7.00. The van der Waals surface area contributed by atoms with Gasteiger partial charge in [0.2, 0.25) is 6.23 Å². The average Bonchev–Trinajstić information content (AvgIpc) is 3.21. The van der Waals surface area contributed by atoms with Crippen LogP contribution in [0.4, 0.5) is 0 Å². The lowest BCUT2D eigenvalue weighted by Gasteiger charge is -2.38. The smallest absolute Gasteiger partial charge is 0.230 e. The van der Waals surface area contributed by atoms with E-state index in [0.29, 0.717) is 6.61 Å². The zero-order valence-corrected chi connectivity index (χ0v) is 15.7. The molecule has 2 aliphatic rings. The second-order valence-electron chi connectivity index (χ2n) is 6.84. The van der Waals surface area contributed by atoms with Crippen molar-refractivity contribution in [1.29, 1.82) is 0 Å². The first-order chi connectivity index (χ1) is 13.8. The van der Waals surface area contributed by atoms with Gasteiger partial charge in [0.15, 0.2) is 11.5 Å². The van der Waals surface area contributed by atoms with Crippen LogP contribution in [0.3, 0.4) is 0 Å². The summed E-state index contributed by atoms with van der Waals surface area (Å²) in [6, 6.07) is 22.4. The predicted octanol–water partition coefficient (Wildman–Crippen LogP) is 4.72. The molecule has 0 unspecified atom stereocenters. The number of aromatic nitrogens is 1. The minimum absolute atomic E-state index is 0.0892. The molecular formula is C23H21N3O2. The number of hydrogen-bond donors (Lipinski definition) is 0. The molecule has 2 atom stereocenters. The second kappa shape index (κ2) is 7.00. The van der Waals surface area contributed by atoms with Gasteiger partial charge >= 0.3 is 0 Å². The summed E-state index contributed by atoms with van der Waals surface area (Å²) in [5.74, 6) is 1.57. The van der Waals surface area contributed by atoms with Crippen LogP contribution in [0.1, 0.15) is 42.4 Å². The Kier molecular flexibility index (Phi) is 4.20. The number of pyridine rings is 1. The molecule has 0 saturated heterocycles. The molecule has 0 fully saturated rings. The molecule has 140 valence electrons. The third-order valence-corrected chi connectivity index (χ3v) is 5.13. The first kappa shape index (κ1) is 16.8.